The van der Waals surface area contributed by atoms with Crippen molar-refractivity contribution in [1.29, 1.82) is 0 Å². The van der Waals surface area contributed by atoms with E-state index in [0.29, 0.717) is 23.6 Å². The number of aromatic nitrogens is 6. The number of amides is 1. The van der Waals surface area contributed by atoms with E-state index < -0.39 is 0 Å². The molecule has 8 nitrogen and oxygen atoms in total. The number of anilines is 1. The van der Waals surface area contributed by atoms with E-state index in [1.165, 1.54) is 0 Å². The summed E-state index contributed by atoms with van der Waals surface area (Å²) in [6.45, 7) is 1.94. The Morgan fingerprint density at radius 1 is 1.12 bits per heavy atom. The number of carbonyl (C=O) groups excluding carboxylic acids is 1. The van der Waals surface area contributed by atoms with Gasteiger partial charge in [0, 0.05) is 24.5 Å². The van der Waals surface area contributed by atoms with Gasteiger partial charge in [-0.2, -0.15) is 14.7 Å². The zero-order chi connectivity index (χ0) is 17.4. The molecule has 25 heavy (non-hydrogen) atoms. The summed E-state index contributed by atoms with van der Waals surface area (Å²) < 4.78 is 3.32. The van der Waals surface area contributed by atoms with Gasteiger partial charge in [0.25, 0.3) is 0 Å². The first-order chi connectivity index (χ1) is 12.2. The standard InChI is InChI=1S/C17H15N7O/c1-11-4-3-5-14(20-11)17-12(9-23(2)22-17)13-6-7-15-18-8-16(19-10-25)24(15)21-13/h3-10H,1-2H3,(H,19,25). The predicted molar refractivity (Wildman–Crippen MR) is 92.8 cm³/mol. The highest BCUT2D eigenvalue weighted by Gasteiger charge is 2.16. The van der Waals surface area contributed by atoms with Crippen molar-refractivity contribution in [2.45, 2.75) is 6.92 Å². The molecule has 0 unspecified atom stereocenters. The molecule has 0 radical (unpaired) electrons. The highest BCUT2D eigenvalue weighted by molar-refractivity contribution is 5.77. The van der Waals surface area contributed by atoms with E-state index >= 15 is 0 Å². The minimum absolute atomic E-state index is 0.506. The van der Waals surface area contributed by atoms with E-state index in [0.717, 1.165) is 22.6 Å². The van der Waals surface area contributed by atoms with Gasteiger partial charge in [-0.05, 0) is 31.2 Å². The molecule has 0 saturated carbocycles. The average molecular weight is 333 g/mol. The van der Waals surface area contributed by atoms with Crippen LogP contribution in [-0.4, -0.2) is 35.8 Å². The molecule has 4 rings (SSSR count). The second kappa shape index (κ2) is 5.82. The maximum Gasteiger partial charge on any atom is 0.212 e. The lowest BCUT2D eigenvalue weighted by atomic mass is 10.1. The molecule has 1 N–H and O–H groups in total. The van der Waals surface area contributed by atoms with E-state index in [1.54, 1.807) is 15.4 Å². The first-order valence-corrected chi connectivity index (χ1v) is 7.69. The fraction of sp³-hybridized carbons (Fsp3) is 0.118. The summed E-state index contributed by atoms with van der Waals surface area (Å²) in [5.74, 6) is 0.506. The van der Waals surface area contributed by atoms with Gasteiger partial charge in [-0.15, -0.1) is 0 Å². The summed E-state index contributed by atoms with van der Waals surface area (Å²) in [7, 11) is 1.86. The molecule has 0 saturated heterocycles. The molecule has 4 aromatic rings. The normalized spacial score (nSPS) is 11.0. The summed E-state index contributed by atoms with van der Waals surface area (Å²) in [6.07, 6.45) is 4.06. The largest absolute Gasteiger partial charge is 0.312 e. The van der Waals surface area contributed by atoms with Gasteiger partial charge in [0.1, 0.15) is 5.69 Å². The van der Waals surface area contributed by atoms with Crippen molar-refractivity contribution in [3.63, 3.8) is 0 Å². The molecule has 0 aliphatic carbocycles. The number of rotatable bonds is 4. The molecule has 0 spiro atoms. The predicted octanol–water partition coefficient (Wildman–Crippen LogP) is 2.07. The number of pyridine rings is 1. The van der Waals surface area contributed by atoms with Gasteiger partial charge in [0.15, 0.2) is 11.5 Å². The van der Waals surface area contributed by atoms with Crippen molar-refractivity contribution >= 4 is 17.9 Å². The topological polar surface area (TPSA) is 90.0 Å². The smallest absolute Gasteiger partial charge is 0.212 e. The quantitative estimate of drug-likeness (QED) is 0.577. The second-order valence-corrected chi connectivity index (χ2v) is 5.62. The van der Waals surface area contributed by atoms with Gasteiger partial charge >= 0.3 is 0 Å². The SMILES string of the molecule is Cc1cccc(-c2nn(C)cc2-c2ccc3ncc(NC=O)n3n2)n1. The maximum atomic E-state index is 10.7. The monoisotopic (exact) mass is 333 g/mol. The number of aryl methyl sites for hydroxylation is 2. The fourth-order valence-corrected chi connectivity index (χ4v) is 2.72. The number of hydrogen-bond acceptors (Lipinski definition) is 5. The Balaban J connectivity index is 1.89. The summed E-state index contributed by atoms with van der Waals surface area (Å²) in [5, 5.41) is 11.7. The van der Waals surface area contributed by atoms with Crippen LogP contribution in [0.25, 0.3) is 28.3 Å². The van der Waals surface area contributed by atoms with E-state index in [4.69, 9.17) is 0 Å². The van der Waals surface area contributed by atoms with Gasteiger partial charge < -0.3 is 5.32 Å². The molecule has 0 aromatic carbocycles. The molecule has 8 heteroatoms. The van der Waals surface area contributed by atoms with Crippen LogP contribution >= 0.6 is 0 Å². The van der Waals surface area contributed by atoms with Crippen molar-refractivity contribution in [3.8, 4) is 22.6 Å². The van der Waals surface area contributed by atoms with Gasteiger partial charge in [0.2, 0.25) is 6.41 Å². The van der Waals surface area contributed by atoms with Crippen LogP contribution in [0.5, 0.6) is 0 Å². The van der Waals surface area contributed by atoms with Crippen LogP contribution in [0.2, 0.25) is 0 Å². The highest BCUT2D eigenvalue weighted by Crippen LogP contribution is 2.29. The zero-order valence-corrected chi connectivity index (χ0v) is 13.7. The second-order valence-electron chi connectivity index (χ2n) is 5.62. The van der Waals surface area contributed by atoms with E-state index in [1.807, 2.05) is 50.5 Å². The zero-order valence-electron chi connectivity index (χ0n) is 13.7. The van der Waals surface area contributed by atoms with Crippen molar-refractivity contribution < 1.29 is 4.79 Å². The highest BCUT2D eigenvalue weighted by atomic mass is 16.1. The lowest BCUT2D eigenvalue weighted by Gasteiger charge is -2.04. The Morgan fingerprint density at radius 2 is 2.00 bits per heavy atom. The molecule has 0 fully saturated rings. The Bertz CT molecular complexity index is 1080. The maximum absolute atomic E-state index is 10.7. The lowest BCUT2D eigenvalue weighted by molar-refractivity contribution is -0.105. The van der Waals surface area contributed by atoms with Gasteiger partial charge in [-0.25, -0.2) is 4.98 Å². The van der Waals surface area contributed by atoms with Crippen molar-refractivity contribution in [2.75, 3.05) is 5.32 Å². The molecule has 0 bridgehead atoms. The molecule has 1 amide bonds. The van der Waals surface area contributed by atoms with Crippen LogP contribution in [-0.2, 0) is 11.8 Å². The molecule has 124 valence electrons. The number of nitrogens with one attached hydrogen (secondary N) is 1. The Hall–Kier alpha value is -3.55. The summed E-state index contributed by atoms with van der Waals surface area (Å²) in [4.78, 5) is 19.5. The van der Waals surface area contributed by atoms with E-state index in [9.17, 15) is 4.79 Å². The van der Waals surface area contributed by atoms with Crippen LogP contribution in [0.4, 0.5) is 5.82 Å². The first kappa shape index (κ1) is 15.0. The number of imidazole rings is 1. The van der Waals surface area contributed by atoms with Crippen LogP contribution in [0.3, 0.4) is 0 Å². The summed E-state index contributed by atoms with van der Waals surface area (Å²) in [5.41, 5.74) is 4.67. The number of hydrogen-bond donors (Lipinski definition) is 1. The molecular weight excluding hydrogens is 318 g/mol. The Morgan fingerprint density at radius 3 is 2.80 bits per heavy atom. The molecule has 0 aliphatic heterocycles. The molecular formula is C17H15N7O. The van der Waals surface area contributed by atoms with E-state index in [-0.39, 0.29) is 0 Å². The summed E-state index contributed by atoms with van der Waals surface area (Å²) >= 11 is 0. The van der Waals surface area contributed by atoms with Gasteiger partial charge in [0.05, 0.1) is 17.6 Å². The summed E-state index contributed by atoms with van der Waals surface area (Å²) in [6, 6.07) is 9.55. The molecule has 4 aromatic heterocycles. The number of nitrogens with zero attached hydrogens (tertiary/aromatic N) is 6. The van der Waals surface area contributed by atoms with E-state index in [2.05, 4.69) is 25.5 Å². The third kappa shape index (κ3) is 2.63. The van der Waals surface area contributed by atoms with Crippen molar-refractivity contribution in [1.82, 2.24) is 29.4 Å². The van der Waals surface area contributed by atoms with Crippen LogP contribution in [0.1, 0.15) is 5.69 Å². The van der Waals surface area contributed by atoms with Gasteiger partial charge in [-0.1, -0.05) is 6.07 Å². The van der Waals surface area contributed by atoms with Gasteiger partial charge in [-0.3, -0.25) is 14.5 Å². The van der Waals surface area contributed by atoms with Crippen LogP contribution in [0, 0.1) is 6.92 Å². The lowest BCUT2D eigenvalue weighted by Crippen LogP contribution is -2.02. The minimum atomic E-state index is 0.506. The Labute approximate surface area is 143 Å². The third-order valence-corrected chi connectivity index (χ3v) is 3.80. The van der Waals surface area contributed by atoms with Crippen molar-refractivity contribution in [2.24, 2.45) is 7.05 Å². The van der Waals surface area contributed by atoms with Crippen LogP contribution < -0.4 is 5.32 Å². The Kier molecular flexibility index (Phi) is 3.50. The molecule has 4 heterocycles. The minimum Gasteiger partial charge on any atom is -0.312 e. The molecule has 0 atom stereocenters. The first-order valence-electron chi connectivity index (χ1n) is 7.69. The number of carbonyl (C=O) groups is 1. The third-order valence-electron chi connectivity index (χ3n) is 3.80. The van der Waals surface area contributed by atoms with Crippen LogP contribution in [0.15, 0.2) is 42.7 Å². The van der Waals surface area contributed by atoms with Crippen molar-refractivity contribution in [3.05, 3.63) is 48.4 Å². The molecule has 0 aliphatic rings. The number of fused-ring (bicyclic) bond motifs is 1. The fourth-order valence-electron chi connectivity index (χ4n) is 2.72. The average Bonchev–Trinajstić information content (AvgIpc) is 3.19.